The number of benzene rings is 1. The zero-order chi connectivity index (χ0) is 17.9. The number of hydrogen-bond donors (Lipinski definition) is 0. The lowest BCUT2D eigenvalue weighted by Gasteiger charge is -2.40. The SMILES string of the molecule is COc1cc(Br)ccc1CN1CCN(C(=O)OC(C)(C)C)C[C@H]1C. The van der Waals surface area contributed by atoms with Gasteiger partial charge in [0.2, 0.25) is 0 Å². The van der Waals surface area contributed by atoms with Gasteiger partial charge in [0.05, 0.1) is 7.11 Å². The van der Waals surface area contributed by atoms with Crippen molar-refractivity contribution in [3.63, 3.8) is 0 Å². The van der Waals surface area contributed by atoms with Crippen molar-refractivity contribution < 1.29 is 14.3 Å². The van der Waals surface area contributed by atoms with Crippen LogP contribution >= 0.6 is 15.9 Å². The van der Waals surface area contributed by atoms with Gasteiger partial charge in [0.15, 0.2) is 0 Å². The lowest BCUT2D eigenvalue weighted by molar-refractivity contribution is 0.00451. The highest BCUT2D eigenvalue weighted by Crippen LogP contribution is 2.26. The van der Waals surface area contributed by atoms with Crippen LogP contribution in [0.15, 0.2) is 22.7 Å². The van der Waals surface area contributed by atoms with E-state index in [-0.39, 0.29) is 12.1 Å². The van der Waals surface area contributed by atoms with E-state index in [1.807, 2.05) is 32.9 Å². The molecule has 0 bridgehead atoms. The molecule has 5 nitrogen and oxygen atoms in total. The Morgan fingerprint density at radius 3 is 2.62 bits per heavy atom. The third-order valence-corrected chi connectivity index (χ3v) is 4.53. The largest absolute Gasteiger partial charge is 0.496 e. The number of amides is 1. The van der Waals surface area contributed by atoms with E-state index in [0.29, 0.717) is 13.1 Å². The van der Waals surface area contributed by atoms with Crippen molar-refractivity contribution in [3.8, 4) is 5.75 Å². The van der Waals surface area contributed by atoms with Gasteiger partial charge in [0, 0.05) is 42.3 Å². The molecule has 1 aromatic rings. The Bertz CT molecular complexity index is 586. The quantitative estimate of drug-likeness (QED) is 0.773. The molecular weight excluding hydrogens is 372 g/mol. The van der Waals surface area contributed by atoms with Gasteiger partial charge in [-0.25, -0.2) is 4.79 Å². The van der Waals surface area contributed by atoms with Gasteiger partial charge in [-0.15, -0.1) is 0 Å². The number of ether oxygens (including phenoxy) is 2. The molecule has 2 rings (SSSR count). The fourth-order valence-electron chi connectivity index (χ4n) is 2.79. The minimum absolute atomic E-state index is 0.227. The summed E-state index contributed by atoms with van der Waals surface area (Å²) >= 11 is 3.47. The van der Waals surface area contributed by atoms with E-state index < -0.39 is 5.60 Å². The summed E-state index contributed by atoms with van der Waals surface area (Å²) in [5.74, 6) is 0.881. The first kappa shape index (κ1) is 19.1. The average Bonchev–Trinajstić information content (AvgIpc) is 2.49. The molecule has 134 valence electrons. The Labute approximate surface area is 153 Å². The summed E-state index contributed by atoms with van der Waals surface area (Å²) in [6.07, 6.45) is -0.227. The van der Waals surface area contributed by atoms with E-state index in [4.69, 9.17) is 9.47 Å². The molecule has 0 aliphatic carbocycles. The molecule has 1 aliphatic heterocycles. The summed E-state index contributed by atoms with van der Waals surface area (Å²) < 4.78 is 12.0. The number of carbonyl (C=O) groups excluding carboxylic acids is 1. The second-order valence-electron chi connectivity index (χ2n) is 7.20. The van der Waals surface area contributed by atoms with Gasteiger partial charge in [0.25, 0.3) is 0 Å². The first-order valence-electron chi connectivity index (χ1n) is 8.24. The predicted molar refractivity (Wildman–Crippen MR) is 98.4 cm³/mol. The zero-order valence-corrected chi connectivity index (χ0v) is 16.7. The number of rotatable bonds is 3. The molecule has 0 spiro atoms. The molecule has 0 saturated carbocycles. The maximum atomic E-state index is 12.2. The van der Waals surface area contributed by atoms with Crippen LogP contribution in [0.2, 0.25) is 0 Å². The Balaban J connectivity index is 1.98. The summed E-state index contributed by atoms with van der Waals surface area (Å²) in [5.41, 5.74) is 0.695. The molecule has 6 heteroatoms. The van der Waals surface area contributed by atoms with Crippen molar-refractivity contribution in [2.75, 3.05) is 26.7 Å². The van der Waals surface area contributed by atoms with E-state index in [1.165, 1.54) is 0 Å². The molecule has 0 aromatic heterocycles. The summed E-state index contributed by atoms with van der Waals surface area (Å²) in [6, 6.07) is 6.35. The fourth-order valence-corrected chi connectivity index (χ4v) is 3.13. The molecule has 1 saturated heterocycles. The van der Waals surface area contributed by atoms with Crippen molar-refractivity contribution in [1.29, 1.82) is 0 Å². The van der Waals surface area contributed by atoms with Crippen LogP contribution in [0.4, 0.5) is 4.79 Å². The van der Waals surface area contributed by atoms with Crippen LogP contribution in [-0.2, 0) is 11.3 Å². The summed E-state index contributed by atoms with van der Waals surface area (Å²) in [5, 5.41) is 0. The van der Waals surface area contributed by atoms with E-state index in [9.17, 15) is 4.79 Å². The highest BCUT2D eigenvalue weighted by molar-refractivity contribution is 9.10. The topological polar surface area (TPSA) is 42.0 Å². The number of hydrogen-bond acceptors (Lipinski definition) is 4. The lowest BCUT2D eigenvalue weighted by Crippen LogP contribution is -2.54. The van der Waals surface area contributed by atoms with Gasteiger partial charge >= 0.3 is 6.09 Å². The smallest absolute Gasteiger partial charge is 0.410 e. The monoisotopic (exact) mass is 398 g/mol. The molecule has 1 aromatic carbocycles. The van der Waals surface area contributed by atoms with Crippen molar-refractivity contribution in [2.45, 2.75) is 45.9 Å². The summed E-state index contributed by atoms with van der Waals surface area (Å²) in [6.45, 7) is 10.8. The number of carbonyl (C=O) groups is 1. The summed E-state index contributed by atoms with van der Waals surface area (Å²) in [7, 11) is 1.69. The Kier molecular flexibility index (Phi) is 6.15. The Morgan fingerprint density at radius 2 is 2.04 bits per heavy atom. The molecule has 0 unspecified atom stereocenters. The lowest BCUT2D eigenvalue weighted by atomic mass is 10.1. The Morgan fingerprint density at radius 1 is 1.33 bits per heavy atom. The van der Waals surface area contributed by atoms with Crippen LogP contribution in [0.1, 0.15) is 33.3 Å². The Hall–Kier alpha value is -1.27. The van der Waals surface area contributed by atoms with Crippen molar-refractivity contribution in [2.24, 2.45) is 0 Å². The van der Waals surface area contributed by atoms with Gasteiger partial charge < -0.3 is 14.4 Å². The van der Waals surface area contributed by atoms with Crippen LogP contribution in [0.3, 0.4) is 0 Å². The molecule has 1 aliphatic rings. The van der Waals surface area contributed by atoms with Crippen LogP contribution in [0, 0.1) is 0 Å². The molecule has 0 N–H and O–H groups in total. The number of piperazine rings is 1. The number of nitrogens with zero attached hydrogens (tertiary/aromatic N) is 2. The number of halogens is 1. The normalized spacial score (nSPS) is 19.2. The second-order valence-corrected chi connectivity index (χ2v) is 8.12. The predicted octanol–water partition coefficient (Wildman–Crippen LogP) is 3.90. The maximum absolute atomic E-state index is 12.2. The number of methoxy groups -OCH3 is 1. The van der Waals surface area contributed by atoms with Crippen molar-refractivity contribution in [3.05, 3.63) is 28.2 Å². The molecule has 1 heterocycles. The van der Waals surface area contributed by atoms with Gasteiger partial charge in [-0.1, -0.05) is 22.0 Å². The van der Waals surface area contributed by atoms with E-state index >= 15 is 0 Å². The van der Waals surface area contributed by atoms with Crippen LogP contribution in [0.5, 0.6) is 5.75 Å². The molecule has 1 amide bonds. The molecule has 24 heavy (non-hydrogen) atoms. The van der Waals surface area contributed by atoms with Gasteiger partial charge in [-0.3, -0.25) is 4.90 Å². The molecule has 0 radical (unpaired) electrons. The molecule has 1 fully saturated rings. The van der Waals surface area contributed by atoms with E-state index in [1.54, 1.807) is 12.0 Å². The highest BCUT2D eigenvalue weighted by atomic mass is 79.9. The fraction of sp³-hybridized carbons (Fsp3) is 0.611. The minimum atomic E-state index is -0.456. The second kappa shape index (κ2) is 7.74. The van der Waals surface area contributed by atoms with Gasteiger partial charge in [0.1, 0.15) is 11.4 Å². The minimum Gasteiger partial charge on any atom is -0.496 e. The van der Waals surface area contributed by atoms with Crippen molar-refractivity contribution >= 4 is 22.0 Å². The summed E-state index contributed by atoms with van der Waals surface area (Å²) in [4.78, 5) is 16.4. The maximum Gasteiger partial charge on any atom is 0.410 e. The molecule has 1 atom stereocenters. The first-order valence-corrected chi connectivity index (χ1v) is 9.03. The van der Waals surface area contributed by atoms with Gasteiger partial charge in [-0.2, -0.15) is 0 Å². The average molecular weight is 399 g/mol. The zero-order valence-electron chi connectivity index (χ0n) is 15.1. The third kappa shape index (κ3) is 5.11. The van der Waals surface area contributed by atoms with Crippen molar-refractivity contribution in [1.82, 2.24) is 9.80 Å². The third-order valence-electron chi connectivity index (χ3n) is 4.04. The first-order chi connectivity index (χ1) is 11.2. The van der Waals surface area contributed by atoms with Gasteiger partial charge in [-0.05, 0) is 39.8 Å². The standard InChI is InChI=1S/C18H27BrN2O3/c1-13-11-21(17(22)24-18(2,3)4)9-8-20(13)12-14-6-7-15(19)10-16(14)23-5/h6-7,10,13H,8-9,11-12H2,1-5H3/t13-/m1/s1. The highest BCUT2D eigenvalue weighted by Gasteiger charge is 2.30. The van der Waals surface area contributed by atoms with Crippen LogP contribution < -0.4 is 4.74 Å². The van der Waals surface area contributed by atoms with Crippen LogP contribution in [0.25, 0.3) is 0 Å². The van der Waals surface area contributed by atoms with E-state index in [2.05, 4.69) is 33.8 Å². The van der Waals surface area contributed by atoms with E-state index in [0.717, 1.165) is 28.9 Å². The molecular formula is C18H27BrN2O3. The van der Waals surface area contributed by atoms with Crippen LogP contribution in [-0.4, -0.2) is 54.3 Å².